The van der Waals surface area contributed by atoms with Crippen molar-refractivity contribution < 1.29 is 0 Å². The maximum absolute atomic E-state index is 12.4. The summed E-state index contributed by atoms with van der Waals surface area (Å²) in [6.07, 6.45) is 5.05. The van der Waals surface area contributed by atoms with Crippen molar-refractivity contribution in [1.82, 2.24) is 29.9 Å². The van der Waals surface area contributed by atoms with Gasteiger partial charge in [-0.05, 0) is 38.2 Å². The minimum absolute atomic E-state index is 0.0376. The lowest BCUT2D eigenvalue weighted by Gasteiger charge is -2.21. The summed E-state index contributed by atoms with van der Waals surface area (Å²) in [5.41, 5.74) is 1.39. The van der Waals surface area contributed by atoms with Gasteiger partial charge in [0, 0.05) is 58.3 Å². The molecule has 8 nitrogen and oxygen atoms in total. The van der Waals surface area contributed by atoms with Crippen LogP contribution in [-0.4, -0.2) is 57.4 Å². The fraction of sp³-hybridized carbons (Fsp3) is 0.609. The number of fused-ring (bicyclic) bond motifs is 1. The summed E-state index contributed by atoms with van der Waals surface area (Å²) in [7, 11) is 1.81. The Balaban J connectivity index is 1.21. The Morgan fingerprint density at radius 2 is 2.10 bits per heavy atom. The molecule has 2 unspecified atom stereocenters. The van der Waals surface area contributed by atoms with E-state index in [1.165, 1.54) is 5.56 Å². The second kappa shape index (κ2) is 10.1. The van der Waals surface area contributed by atoms with Crippen molar-refractivity contribution in [3.8, 4) is 0 Å². The van der Waals surface area contributed by atoms with E-state index in [0.29, 0.717) is 18.6 Å². The zero-order chi connectivity index (χ0) is 21.6. The van der Waals surface area contributed by atoms with Crippen LogP contribution >= 0.6 is 0 Å². The lowest BCUT2D eigenvalue weighted by Crippen LogP contribution is -2.45. The molecule has 4 rings (SSSR count). The Labute approximate surface area is 184 Å². The summed E-state index contributed by atoms with van der Waals surface area (Å²) in [5.74, 6) is 1.77. The van der Waals surface area contributed by atoms with Crippen LogP contribution in [0.1, 0.15) is 44.0 Å². The zero-order valence-electron chi connectivity index (χ0n) is 18.8. The topological polar surface area (TPSA) is 79.5 Å². The summed E-state index contributed by atoms with van der Waals surface area (Å²) >= 11 is 0. The molecule has 1 saturated heterocycles. The second-order valence-electron chi connectivity index (χ2n) is 8.72. The number of nitrogens with zero attached hydrogens (tertiary/aromatic N) is 5. The van der Waals surface area contributed by atoms with Gasteiger partial charge in [-0.15, -0.1) is 0 Å². The first-order valence-electron chi connectivity index (χ1n) is 11.6. The molecule has 2 aromatic rings. The van der Waals surface area contributed by atoms with Gasteiger partial charge in [0.25, 0.3) is 0 Å². The standard InChI is InChI=1S/C23H35N7O/c1-18-15-20(17-28(18)16-19-9-4-3-5-10-19)26-22(24-2)25-12-8-14-30-23(31)29-13-7-6-11-21(29)27-30/h3-5,9-10,18,20H,6-8,11-17H2,1-2H3,(H2,24,25,26). The third kappa shape index (κ3) is 5.36. The SMILES string of the molecule is CN=C(NCCCn1nc2n(c1=O)CCCC2)NC1CC(C)N(Cc2ccccc2)C1. The molecule has 2 atom stereocenters. The van der Waals surface area contributed by atoms with Crippen LogP contribution < -0.4 is 16.3 Å². The second-order valence-corrected chi connectivity index (χ2v) is 8.72. The molecule has 0 aliphatic carbocycles. The van der Waals surface area contributed by atoms with E-state index in [-0.39, 0.29) is 5.69 Å². The first-order valence-corrected chi connectivity index (χ1v) is 11.6. The first-order chi connectivity index (χ1) is 15.1. The summed E-state index contributed by atoms with van der Waals surface area (Å²) in [6, 6.07) is 11.6. The number of rotatable bonds is 7. The lowest BCUT2D eigenvalue weighted by molar-refractivity contribution is 0.258. The molecule has 2 aliphatic rings. The molecule has 0 bridgehead atoms. The molecule has 31 heavy (non-hydrogen) atoms. The molecule has 1 aromatic carbocycles. The van der Waals surface area contributed by atoms with Crippen LogP contribution in [0.3, 0.4) is 0 Å². The van der Waals surface area contributed by atoms with Crippen molar-refractivity contribution >= 4 is 5.96 Å². The number of aromatic nitrogens is 3. The van der Waals surface area contributed by atoms with Crippen molar-refractivity contribution in [2.75, 3.05) is 20.1 Å². The third-order valence-electron chi connectivity index (χ3n) is 6.37. The molecule has 0 saturated carbocycles. The van der Waals surface area contributed by atoms with E-state index in [1.54, 1.807) is 4.68 Å². The number of aliphatic imine (C=N–C) groups is 1. The van der Waals surface area contributed by atoms with E-state index in [2.05, 4.69) is 62.9 Å². The highest BCUT2D eigenvalue weighted by Crippen LogP contribution is 2.20. The third-order valence-corrected chi connectivity index (χ3v) is 6.37. The Kier molecular flexibility index (Phi) is 7.06. The van der Waals surface area contributed by atoms with Crippen LogP contribution in [0.25, 0.3) is 0 Å². The van der Waals surface area contributed by atoms with Gasteiger partial charge in [0.1, 0.15) is 5.82 Å². The van der Waals surface area contributed by atoms with Gasteiger partial charge in [-0.3, -0.25) is 14.5 Å². The van der Waals surface area contributed by atoms with E-state index in [1.807, 2.05) is 11.6 Å². The maximum Gasteiger partial charge on any atom is 0.345 e. The number of benzene rings is 1. The minimum Gasteiger partial charge on any atom is -0.356 e. The van der Waals surface area contributed by atoms with Crippen LogP contribution in [-0.2, 0) is 26.1 Å². The number of aryl methyl sites for hydroxylation is 2. The summed E-state index contributed by atoms with van der Waals surface area (Å²) in [5, 5.41) is 11.5. The van der Waals surface area contributed by atoms with Crippen LogP contribution in [0.4, 0.5) is 0 Å². The fourth-order valence-corrected chi connectivity index (χ4v) is 4.66. The molecule has 1 aromatic heterocycles. The van der Waals surface area contributed by atoms with Gasteiger partial charge >= 0.3 is 5.69 Å². The molecular formula is C23H35N7O. The van der Waals surface area contributed by atoms with Crippen LogP contribution in [0.5, 0.6) is 0 Å². The van der Waals surface area contributed by atoms with Gasteiger partial charge in [-0.25, -0.2) is 9.48 Å². The number of hydrogen-bond donors (Lipinski definition) is 2. The van der Waals surface area contributed by atoms with E-state index in [9.17, 15) is 4.79 Å². The van der Waals surface area contributed by atoms with Gasteiger partial charge in [0.2, 0.25) is 0 Å². The molecule has 3 heterocycles. The average molecular weight is 426 g/mol. The van der Waals surface area contributed by atoms with Crippen molar-refractivity contribution in [3.63, 3.8) is 0 Å². The molecule has 1 fully saturated rings. The quantitative estimate of drug-likeness (QED) is 0.400. The smallest absolute Gasteiger partial charge is 0.345 e. The summed E-state index contributed by atoms with van der Waals surface area (Å²) < 4.78 is 3.46. The Morgan fingerprint density at radius 3 is 2.87 bits per heavy atom. The molecule has 8 heteroatoms. The minimum atomic E-state index is 0.0376. The molecule has 2 aliphatic heterocycles. The normalized spacial score (nSPS) is 21.8. The lowest BCUT2D eigenvalue weighted by atomic mass is 10.2. The monoisotopic (exact) mass is 425 g/mol. The van der Waals surface area contributed by atoms with E-state index >= 15 is 0 Å². The molecule has 0 radical (unpaired) electrons. The number of nitrogens with one attached hydrogen (secondary N) is 2. The maximum atomic E-state index is 12.4. The zero-order valence-corrected chi connectivity index (χ0v) is 18.8. The Morgan fingerprint density at radius 1 is 1.26 bits per heavy atom. The molecule has 2 N–H and O–H groups in total. The van der Waals surface area contributed by atoms with Crippen LogP contribution in [0.15, 0.2) is 40.1 Å². The summed E-state index contributed by atoms with van der Waals surface area (Å²) in [4.78, 5) is 19.3. The number of likely N-dealkylation sites (tertiary alicyclic amines) is 1. The highest BCUT2D eigenvalue weighted by Gasteiger charge is 2.29. The van der Waals surface area contributed by atoms with Crippen molar-refractivity contribution in [2.24, 2.45) is 4.99 Å². The molecule has 0 amide bonds. The van der Waals surface area contributed by atoms with Crippen molar-refractivity contribution in [1.29, 1.82) is 0 Å². The van der Waals surface area contributed by atoms with Crippen molar-refractivity contribution in [3.05, 3.63) is 52.2 Å². The van der Waals surface area contributed by atoms with Crippen LogP contribution in [0.2, 0.25) is 0 Å². The number of guanidine groups is 1. The van der Waals surface area contributed by atoms with Crippen molar-refractivity contribution in [2.45, 2.75) is 70.7 Å². The highest BCUT2D eigenvalue weighted by molar-refractivity contribution is 5.80. The van der Waals surface area contributed by atoms with E-state index < -0.39 is 0 Å². The largest absolute Gasteiger partial charge is 0.356 e. The first kappa shape index (κ1) is 21.6. The van der Waals surface area contributed by atoms with Gasteiger partial charge in [0.05, 0.1) is 0 Å². The van der Waals surface area contributed by atoms with Gasteiger partial charge in [-0.2, -0.15) is 5.10 Å². The van der Waals surface area contributed by atoms with Gasteiger partial charge < -0.3 is 10.6 Å². The summed E-state index contributed by atoms with van der Waals surface area (Å²) in [6.45, 7) is 6.48. The Hall–Kier alpha value is -2.61. The highest BCUT2D eigenvalue weighted by atomic mass is 16.2. The van der Waals surface area contributed by atoms with E-state index in [0.717, 1.165) is 70.1 Å². The van der Waals surface area contributed by atoms with Gasteiger partial charge in [0.15, 0.2) is 5.96 Å². The molecule has 0 spiro atoms. The predicted octanol–water partition coefficient (Wildman–Crippen LogP) is 1.60. The van der Waals surface area contributed by atoms with Crippen LogP contribution in [0, 0.1) is 0 Å². The average Bonchev–Trinajstić information content (AvgIpc) is 3.30. The molecule has 168 valence electrons. The fourth-order valence-electron chi connectivity index (χ4n) is 4.66. The Bertz CT molecular complexity index is 933. The number of hydrogen-bond acceptors (Lipinski definition) is 4. The predicted molar refractivity (Wildman–Crippen MR) is 123 cm³/mol. The van der Waals surface area contributed by atoms with Gasteiger partial charge in [-0.1, -0.05) is 30.3 Å². The van der Waals surface area contributed by atoms with E-state index in [4.69, 9.17) is 0 Å². The molecular weight excluding hydrogens is 390 g/mol.